The monoisotopic (exact) mass is 467 g/mol. The Labute approximate surface area is 192 Å². The molecule has 1 aliphatic rings. The van der Waals surface area contributed by atoms with Gasteiger partial charge in [0.15, 0.2) is 11.4 Å². The van der Waals surface area contributed by atoms with Crippen molar-refractivity contribution in [2.75, 3.05) is 5.32 Å². The van der Waals surface area contributed by atoms with Crippen molar-refractivity contribution in [3.63, 3.8) is 0 Å². The van der Waals surface area contributed by atoms with E-state index in [1.807, 2.05) is 35.7 Å². The highest BCUT2D eigenvalue weighted by Crippen LogP contribution is 2.38. The van der Waals surface area contributed by atoms with E-state index in [0.717, 1.165) is 22.4 Å². The summed E-state index contributed by atoms with van der Waals surface area (Å²) in [5, 5.41) is 9.30. The van der Waals surface area contributed by atoms with Gasteiger partial charge in [-0.2, -0.15) is 0 Å². The van der Waals surface area contributed by atoms with Gasteiger partial charge in [-0.25, -0.2) is 4.79 Å². The average molecular weight is 468 g/mol. The van der Waals surface area contributed by atoms with Gasteiger partial charge in [-0.15, -0.1) is 11.3 Å². The average Bonchev–Trinajstić information content (AvgIpc) is 3.41. The van der Waals surface area contributed by atoms with Crippen LogP contribution in [-0.4, -0.2) is 21.6 Å². The Morgan fingerprint density at radius 3 is 2.66 bits per heavy atom. The van der Waals surface area contributed by atoms with Crippen molar-refractivity contribution in [3.05, 3.63) is 75.6 Å². The summed E-state index contributed by atoms with van der Waals surface area (Å²) in [6.07, 6.45) is 2.25. The van der Waals surface area contributed by atoms with Crippen LogP contribution in [0.5, 0.6) is 5.75 Å². The molecule has 2 aromatic carbocycles. The van der Waals surface area contributed by atoms with Crippen LogP contribution in [0.4, 0.5) is 5.69 Å². The molecule has 162 valence electrons. The number of hydrogen-bond acceptors (Lipinski definition) is 6. The van der Waals surface area contributed by atoms with Crippen molar-refractivity contribution < 1.29 is 14.1 Å². The number of halogens is 1. The number of H-pyrrole nitrogens is 1. The molecule has 1 fully saturated rings. The second-order valence-corrected chi connectivity index (χ2v) is 8.93. The molecule has 7 nitrogen and oxygen atoms in total. The van der Waals surface area contributed by atoms with Crippen LogP contribution in [0, 0.1) is 0 Å². The lowest BCUT2D eigenvalue weighted by Crippen LogP contribution is -2.53. The molecular formula is C23H18ClN3O4S. The zero-order chi connectivity index (χ0) is 22.1. The third kappa shape index (κ3) is 4.06. The molecular weight excluding hydrogens is 450 g/mol. The molecule has 2 N–H and O–H groups in total. The lowest BCUT2D eigenvalue weighted by atomic mass is 9.79. The first-order chi connectivity index (χ1) is 15.5. The van der Waals surface area contributed by atoms with Gasteiger partial charge < -0.3 is 10.1 Å². The lowest BCUT2D eigenvalue weighted by Gasteiger charge is -2.40. The minimum Gasteiger partial charge on any atom is -0.477 e. The molecule has 4 aromatic rings. The maximum atomic E-state index is 13.1. The number of hydrogen-bond donors (Lipinski definition) is 2. The first kappa shape index (κ1) is 20.5. The summed E-state index contributed by atoms with van der Waals surface area (Å²) in [4.78, 5) is 27.6. The number of thiophene rings is 1. The SMILES string of the molecule is O=C(Nc1cccc(-c2csc(-c3noc(=O)[nH]3)c2)c1)C1(Oc2ccc(Cl)cc2)CCC1. The number of aromatic amines is 1. The molecule has 0 bridgehead atoms. The third-order valence-corrected chi connectivity index (χ3v) is 6.62. The van der Waals surface area contributed by atoms with Gasteiger partial charge in [-0.3, -0.25) is 14.3 Å². The molecule has 0 atom stereocenters. The molecule has 1 saturated carbocycles. The zero-order valence-corrected chi connectivity index (χ0v) is 18.3. The standard InChI is InChI=1S/C23H18ClN3O4S/c24-16-5-7-18(8-6-16)30-23(9-2-10-23)21(28)25-17-4-1-3-14(11-17)15-12-19(32-13-15)20-26-22(29)31-27-20/h1,3-8,11-13H,2,9-10H2,(H,25,28)(H,26,27,29). The van der Waals surface area contributed by atoms with E-state index in [1.54, 1.807) is 24.3 Å². The van der Waals surface area contributed by atoms with E-state index in [4.69, 9.17) is 16.3 Å². The summed E-state index contributed by atoms with van der Waals surface area (Å²) in [5.41, 5.74) is 1.68. The van der Waals surface area contributed by atoms with Crippen molar-refractivity contribution in [2.45, 2.75) is 24.9 Å². The minimum absolute atomic E-state index is 0.165. The van der Waals surface area contributed by atoms with Crippen LogP contribution >= 0.6 is 22.9 Å². The summed E-state index contributed by atoms with van der Waals surface area (Å²) in [7, 11) is 0. The van der Waals surface area contributed by atoms with Crippen LogP contribution in [0.25, 0.3) is 21.8 Å². The molecule has 0 unspecified atom stereocenters. The predicted octanol–water partition coefficient (Wildman–Crippen LogP) is 5.35. The normalized spacial score (nSPS) is 14.5. The van der Waals surface area contributed by atoms with E-state index in [1.165, 1.54) is 11.3 Å². The van der Waals surface area contributed by atoms with E-state index in [-0.39, 0.29) is 5.91 Å². The number of anilines is 1. The largest absolute Gasteiger partial charge is 0.477 e. The fraction of sp³-hybridized carbons (Fsp3) is 0.174. The van der Waals surface area contributed by atoms with E-state index < -0.39 is 11.4 Å². The molecule has 0 spiro atoms. The highest BCUT2D eigenvalue weighted by molar-refractivity contribution is 7.13. The van der Waals surface area contributed by atoms with Gasteiger partial charge >= 0.3 is 5.76 Å². The van der Waals surface area contributed by atoms with Gasteiger partial charge in [0, 0.05) is 10.7 Å². The summed E-state index contributed by atoms with van der Waals surface area (Å²) < 4.78 is 10.7. The molecule has 32 heavy (non-hydrogen) atoms. The number of amides is 1. The van der Waals surface area contributed by atoms with Crippen LogP contribution in [0.1, 0.15) is 19.3 Å². The van der Waals surface area contributed by atoms with Crippen molar-refractivity contribution in [1.82, 2.24) is 10.1 Å². The van der Waals surface area contributed by atoms with E-state index >= 15 is 0 Å². The topological polar surface area (TPSA) is 97.2 Å². The van der Waals surface area contributed by atoms with Crippen molar-refractivity contribution >= 4 is 34.5 Å². The minimum atomic E-state index is -0.877. The molecule has 0 radical (unpaired) electrons. The van der Waals surface area contributed by atoms with Gasteiger partial charge in [0.2, 0.25) is 0 Å². The second-order valence-electron chi connectivity index (χ2n) is 7.58. The number of ether oxygens (including phenoxy) is 1. The Bertz CT molecular complexity index is 1320. The smallest absolute Gasteiger partial charge is 0.439 e. The lowest BCUT2D eigenvalue weighted by molar-refractivity contribution is -0.138. The Morgan fingerprint density at radius 1 is 1.16 bits per heavy atom. The number of carbonyl (C=O) groups is 1. The van der Waals surface area contributed by atoms with Crippen LogP contribution in [-0.2, 0) is 4.79 Å². The number of nitrogens with zero attached hydrogens (tertiary/aromatic N) is 1. The van der Waals surface area contributed by atoms with Gasteiger partial charge in [0.1, 0.15) is 5.75 Å². The molecule has 0 aliphatic heterocycles. The van der Waals surface area contributed by atoms with Gasteiger partial charge in [-0.1, -0.05) is 28.9 Å². The van der Waals surface area contributed by atoms with Gasteiger partial charge in [0.25, 0.3) is 5.91 Å². The van der Waals surface area contributed by atoms with E-state index in [2.05, 4.69) is 20.0 Å². The number of rotatable bonds is 6. The predicted molar refractivity (Wildman–Crippen MR) is 123 cm³/mol. The second kappa shape index (κ2) is 8.29. The highest BCUT2D eigenvalue weighted by Gasteiger charge is 2.46. The molecule has 9 heteroatoms. The molecule has 0 saturated heterocycles. The van der Waals surface area contributed by atoms with Gasteiger partial charge in [0.05, 0.1) is 4.88 Å². The van der Waals surface area contributed by atoms with Crippen LogP contribution in [0.3, 0.4) is 0 Å². The van der Waals surface area contributed by atoms with Crippen molar-refractivity contribution in [2.24, 2.45) is 0 Å². The van der Waals surface area contributed by atoms with Crippen LogP contribution in [0.2, 0.25) is 5.02 Å². The summed E-state index contributed by atoms with van der Waals surface area (Å²) in [6.45, 7) is 0. The highest BCUT2D eigenvalue weighted by atomic mass is 35.5. The number of nitrogens with one attached hydrogen (secondary N) is 2. The molecule has 1 aliphatic carbocycles. The Morgan fingerprint density at radius 2 is 1.97 bits per heavy atom. The number of benzene rings is 2. The Kier molecular flexibility index (Phi) is 5.32. The van der Waals surface area contributed by atoms with Gasteiger partial charge in [-0.05, 0) is 78.2 Å². The molecule has 2 aromatic heterocycles. The first-order valence-electron chi connectivity index (χ1n) is 10.0. The first-order valence-corrected chi connectivity index (χ1v) is 11.3. The van der Waals surface area contributed by atoms with Crippen molar-refractivity contribution in [1.29, 1.82) is 0 Å². The van der Waals surface area contributed by atoms with Crippen LogP contribution < -0.4 is 15.8 Å². The van der Waals surface area contributed by atoms with Crippen LogP contribution in [0.15, 0.2) is 69.3 Å². The summed E-state index contributed by atoms with van der Waals surface area (Å²) in [5.74, 6) is 0.254. The zero-order valence-electron chi connectivity index (χ0n) is 16.8. The molecule has 1 amide bonds. The number of aromatic nitrogens is 2. The van der Waals surface area contributed by atoms with Crippen molar-refractivity contribution in [3.8, 4) is 27.6 Å². The molecule has 5 rings (SSSR count). The summed E-state index contributed by atoms with van der Waals surface area (Å²) in [6, 6.07) is 16.5. The quantitative estimate of drug-likeness (QED) is 0.398. The fourth-order valence-electron chi connectivity index (χ4n) is 3.57. The number of carbonyl (C=O) groups excluding carboxylic acids is 1. The van der Waals surface area contributed by atoms with E-state index in [0.29, 0.717) is 35.1 Å². The maximum Gasteiger partial charge on any atom is 0.439 e. The van der Waals surface area contributed by atoms with E-state index in [9.17, 15) is 9.59 Å². The third-order valence-electron chi connectivity index (χ3n) is 5.43. The molecule has 2 heterocycles. The maximum absolute atomic E-state index is 13.1. The summed E-state index contributed by atoms with van der Waals surface area (Å²) >= 11 is 7.39. The Balaban J connectivity index is 1.33. The Hall–Kier alpha value is -3.36. The fourth-order valence-corrected chi connectivity index (χ4v) is 4.55.